The molecule has 0 atom stereocenters. The largest absolute Gasteiger partial charge is 0.482 e. The van der Waals surface area contributed by atoms with Crippen LogP contribution >= 0.6 is 11.5 Å². The van der Waals surface area contributed by atoms with Crippen molar-refractivity contribution < 1.29 is 27.4 Å². The fourth-order valence-corrected chi connectivity index (χ4v) is 4.31. The number of aryl methyl sites for hydroxylation is 1. The molecule has 0 aliphatic rings. The monoisotopic (exact) mass is 505 g/mol. The van der Waals surface area contributed by atoms with Gasteiger partial charge in [0.2, 0.25) is 0 Å². The fraction of sp³-hybridized carbons (Fsp3) is 0.217. The van der Waals surface area contributed by atoms with Crippen LogP contribution in [0, 0.1) is 6.92 Å². The second-order valence-corrected chi connectivity index (χ2v) is 8.40. The molecule has 0 amide bonds. The first-order valence-corrected chi connectivity index (χ1v) is 10.9. The van der Waals surface area contributed by atoms with Crippen LogP contribution in [0.3, 0.4) is 0 Å². The van der Waals surface area contributed by atoms with Gasteiger partial charge in [-0.05, 0) is 54.4 Å². The number of hydrogen-bond acceptors (Lipinski definition) is 7. The van der Waals surface area contributed by atoms with Crippen LogP contribution in [-0.4, -0.2) is 33.2 Å². The zero-order valence-electron chi connectivity index (χ0n) is 18.7. The highest BCUT2D eigenvalue weighted by Gasteiger charge is 2.35. The van der Waals surface area contributed by atoms with Crippen molar-refractivity contribution in [3.63, 3.8) is 0 Å². The van der Waals surface area contributed by atoms with Gasteiger partial charge in [-0.2, -0.15) is 17.5 Å². The van der Waals surface area contributed by atoms with Crippen molar-refractivity contribution in [3.8, 4) is 22.7 Å². The Bertz CT molecular complexity index is 1570. The number of nitrogens with zero attached hydrogens (tertiary/aromatic N) is 3. The highest BCUT2D eigenvalue weighted by atomic mass is 32.1. The topological polar surface area (TPSA) is 92.4 Å². The molecule has 2 heterocycles. The zero-order valence-corrected chi connectivity index (χ0v) is 19.5. The molecule has 0 aliphatic heterocycles. The predicted octanol–water partition coefficient (Wildman–Crippen LogP) is 3.69. The Labute approximate surface area is 199 Å². The third kappa shape index (κ3) is 4.56. The van der Waals surface area contributed by atoms with Crippen LogP contribution in [0.5, 0.6) is 5.75 Å². The van der Waals surface area contributed by atoms with Gasteiger partial charge in [0.25, 0.3) is 5.56 Å². The summed E-state index contributed by atoms with van der Waals surface area (Å²) >= 11 is 1.18. The second kappa shape index (κ2) is 9.02. The third-order valence-corrected chi connectivity index (χ3v) is 6.20. The third-order valence-electron chi connectivity index (χ3n) is 5.37. The van der Waals surface area contributed by atoms with Gasteiger partial charge in [0.1, 0.15) is 11.4 Å². The number of rotatable bonds is 5. The molecule has 2 aromatic heterocycles. The van der Waals surface area contributed by atoms with E-state index in [4.69, 9.17) is 4.74 Å². The van der Waals surface area contributed by atoms with E-state index < -0.39 is 29.1 Å². The van der Waals surface area contributed by atoms with Crippen LogP contribution in [0.4, 0.5) is 13.2 Å². The van der Waals surface area contributed by atoms with E-state index in [0.717, 1.165) is 17.3 Å². The van der Waals surface area contributed by atoms with Crippen LogP contribution < -0.4 is 16.0 Å². The molecule has 12 heteroatoms. The Morgan fingerprint density at radius 1 is 1.11 bits per heavy atom. The molecule has 0 aliphatic carbocycles. The van der Waals surface area contributed by atoms with Crippen molar-refractivity contribution in [1.29, 1.82) is 0 Å². The summed E-state index contributed by atoms with van der Waals surface area (Å²) in [7, 11) is 2.21. The fourth-order valence-electron chi connectivity index (χ4n) is 3.54. The quantitative estimate of drug-likeness (QED) is 0.384. The molecule has 4 aromatic rings. The summed E-state index contributed by atoms with van der Waals surface area (Å²) in [6, 6.07) is 10.2. The standard InChI is InChI=1S/C23H18F3N3O5S/c1-12-4-6-14(34-11-20(31)33-3)9-15(12)21-16-8-13(5-7-17(16)35-27-21)29-19(30)10-18(23(24,25)26)28(2)22(29)32/h4-10H,11H2,1-3H3. The molecular formula is C23H18F3N3O5S. The minimum absolute atomic E-state index is 0.106. The van der Waals surface area contributed by atoms with E-state index in [2.05, 4.69) is 9.11 Å². The van der Waals surface area contributed by atoms with E-state index in [-0.39, 0.29) is 12.3 Å². The van der Waals surface area contributed by atoms with Crippen LogP contribution in [0.2, 0.25) is 0 Å². The van der Waals surface area contributed by atoms with E-state index in [0.29, 0.717) is 37.6 Å². The van der Waals surface area contributed by atoms with Crippen molar-refractivity contribution in [3.05, 3.63) is 74.6 Å². The number of esters is 1. The predicted molar refractivity (Wildman–Crippen MR) is 123 cm³/mol. The number of benzene rings is 2. The summed E-state index contributed by atoms with van der Waals surface area (Å²) in [6.07, 6.45) is -4.85. The van der Waals surface area contributed by atoms with E-state index in [1.165, 1.54) is 30.8 Å². The maximum atomic E-state index is 13.2. The lowest BCUT2D eigenvalue weighted by atomic mass is 10.0. The van der Waals surface area contributed by atoms with Gasteiger partial charge in [0.15, 0.2) is 6.61 Å². The summed E-state index contributed by atoms with van der Waals surface area (Å²) in [5, 5.41) is 0.592. The Morgan fingerprint density at radius 3 is 2.54 bits per heavy atom. The number of alkyl halides is 3. The van der Waals surface area contributed by atoms with Crippen molar-refractivity contribution in [2.24, 2.45) is 7.05 Å². The lowest BCUT2D eigenvalue weighted by Crippen LogP contribution is -2.40. The van der Waals surface area contributed by atoms with Crippen molar-refractivity contribution in [2.45, 2.75) is 13.1 Å². The van der Waals surface area contributed by atoms with Gasteiger partial charge in [-0.1, -0.05) is 6.07 Å². The van der Waals surface area contributed by atoms with Gasteiger partial charge in [-0.15, -0.1) is 0 Å². The van der Waals surface area contributed by atoms with Gasteiger partial charge >= 0.3 is 17.8 Å². The molecule has 35 heavy (non-hydrogen) atoms. The Balaban J connectivity index is 1.84. The number of ether oxygens (including phenoxy) is 2. The van der Waals surface area contributed by atoms with Gasteiger partial charge in [0, 0.05) is 24.1 Å². The molecule has 182 valence electrons. The number of methoxy groups -OCH3 is 1. The molecule has 0 unspecified atom stereocenters. The first-order valence-electron chi connectivity index (χ1n) is 10.1. The molecule has 0 saturated heterocycles. The van der Waals surface area contributed by atoms with Crippen LogP contribution in [0.1, 0.15) is 11.3 Å². The molecule has 2 aromatic carbocycles. The average Bonchev–Trinajstić information content (AvgIpc) is 3.23. The molecule has 0 saturated carbocycles. The maximum absolute atomic E-state index is 13.2. The molecule has 0 bridgehead atoms. The van der Waals surface area contributed by atoms with Gasteiger partial charge in [0.05, 0.1) is 23.2 Å². The molecular weight excluding hydrogens is 487 g/mol. The molecule has 0 fully saturated rings. The first-order chi connectivity index (χ1) is 16.5. The maximum Gasteiger partial charge on any atom is 0.431 e. The summed E-state index contributed by atoms with van der Waals surface area (Å²) < 4.78 is 55.9. The van der Waals surface area contributed by atoms with E-state index >= 15 is 0 Å². The average molecular weight is 505 g/mol. The first kappa shape index (κ1) is 24.2. The van der Waals surface area contributed by atoms with Gasteiger partial charge in [-0.25, -0.2) is 14.2 Å². The minimum atomic E-state index is -4.85. The van der Waals surface area contributed by atoms with Gasteiger partial charge < -0.3 is 9.47 Å². The number of hydrogen-bond donors (Lipinski definition) is 0. The lowest BCUT2D eigenvalue weighted by Gasteiger charge is -2.14. The van der Waals surface area contributed by atoms with E-state index in [1.807, 2.05) is 6.92 Å². The molecule has 0 N–H and O–H groups in total. The summed E-state index contributed by atoms with van der Waals surface area (Å²) in [5.41, 5.74) is -1.39. The van der Waals surface area contributed by atoms with Gasteiger partial charge in [-0.3, -0.25) is 9.36 Å². The van der Waals surface area contributed by atoms with Crippen molar-refractivity contribution in [1.82, 2.24) is 13.5 Å². The lowest BCUT2D eigenvalue weighted by molar-refractivity contribution is -0.144. The Hall–Kier alpha value is -3.93. The number of fused-ring (bicyclic) bond motifs is 1. The Morgan fingerprint density at radius 2 is 1.86 bits per heavy atom. The highest BCUT2D eigenvalue weighted by molar-refractivity contribution is 7.13. The smallest absolute Gasteiger partial charge is 0.431 e. The molecule has 0 radical (unpaired) electrons. The van der Waals surface area contributed by atoms with Crippen LogP contribution in [-0.2, 0) is 22.8 Å². The van der Waals surface area contributed by atoms with Crippen LogP contribution in [0.25, 0.3) is 27.0 Å². The number of halogens is 3. The minimum Gasteiger partial charge on any atom is -0.482 e. The molecule has 4 rings (SSSR count). The Kier molecular flexibility index (Phi) is 6.24. The van der Waals surface area contributed by atoms with E-state index in [9.17, 15) is 27.6 Å². The second-order valence-electron chi connectivity index (χ2n) is 7.60. The zero-order chi connectivity index (χ0) is 25.5. The summed E-state index contributed by atoms with van der Waals surface area (Å²) in [6.45, 7) is 1.58. The normalized spacial score (nSPS) is 11.6. The SMILES string of the molecule is COC(=O)COc1ccc(C)c(-c2nsc3ccc(-n4c(=O)cc(C(F)(F)F)n(C)c4=O)cc23)c1. The van der Waals surface area contributed by atoms with Crippen molar-refractivity contribution in [2.75, 3.05) is 13.7 Å². The summed E-state index contributed by atoms with van der Waals surface area (Å²) in [5.74, 6) is -0.138. The van der Waals surface area contributed by atoms with E-state index in [1.54, 1.807) is 24.3 Å². The molecule has 8 nitrogen and oxygen atoms in total. The number of aromatic nitrogens is 3. The molecule has 0 spiro atoms. The number of carbonyl (C=O) groups excluding carboxylic acids is 1. The van der Waals surface area contributed by atoms with Crippen molar-refractivity contribution >= 4 is 27.6 Å². The van der Waals surface area contributed by atoms with Crippen LogP contribution in [0.15, 0.2) is 52.1 Å². The number of carbonyl (C=O) groups is 1. The summed E-state index contributed by atoms with van der Waals surface area (Å²) in [4.78, 5) is 36.6. The highest BCUT2D eigenvalue weighted by Crippen LogP contribution is 2.35.